The summed E-state index contributed by atoms with van der Waals surface area (Å²) in [6.07, 6.45) is 0.568. The molecule has 0 aromatic carbocycles. The number of hydrogen-bond donors (Lipinski definition) is 0. The van der Waals surface area contributed by atoms with Crippen LogP contribution >= 0.6 is 0 Å². The minimum atomic E-state index is 0.0439. The highest BCUT2D eigenvalue weighted by molar-refractivity contribution is 5.77. The van der Waals surface area contributed by atoms with Crippen LogP contribution in [0.2, 0.25) is 0 Å². The van der Waals surface area contributed by atoms with Gasteiger partial charge in [-0.05, 0) is 24.2 Å². The van der Waals surface area contributed by atoms with Crippen LogP contribution in [0.25, 0.3) is 0 Å². The Kier molecular flexibility index (Phi) is 2.53. The third-order valence-corrected chi connectivity index (χ3v) is 4.34. The minimum absolute atomic E-state index is 0.0439. The Morgan fingerprint density at radius 2 is 2.00 bits per heavy atom. The number of ether oxygens (including phenoxy) is 1. The predicted molar refractivity (Wildman–Crippen MR) is 58.4 cm³/mol. The molecule has 15 heavy (non-hydrogen) atoms. The lowest BCUT2D eigenvalue weighted by atomic mass is 10.1. The molecule has 0 bridgehead atoms. The van der Waals surface area contributed by atoms with Gasteiger partial charge >= 0.3 is 0 Å². The molecule has 1 heterocycles. The Morgan fingerprint density at radius 1 is 1.47 bits per heavy atom. The predicted octanol–water partition coefficient (Wildman–Crippen LogP) is 1.53. The molecule has 2 aliphatic rings. The van der Waals surface area contributed by atoms with E-state index in [1.807, 2.05) is 11.8 Å². The van der Waals surface area contributed by atoms with Gasteiger partial charge in [-0.3, -0.25) is 4.79 Å². The Labute approximate surface area is 91.8 Å². The summed E-state index contributed by atoms with van der Waals surface area (Å²) in [7, 11) is 1.66. The molecule has 3 nitrogen and oxygen atoms in total. The van der Waals surface area contributed by atoms with Gasteiger partial charge in [0.15, 0.2) is 0 Å². The van der Waals surface area contributed by atoms with E-state index < -0.39 is 0 Å². The van der Waals surface area contributed by atoms with E-state index in [0.717, 1.165) is 24.9 Å². The summed E-state index contributed by atoms with van der Waals surface area (Å²) in [5.74, 6) is 1.76. The van der Waals surface area contributed by atoms with Crippen LogP contribution in [0, 0.1) is 17.3 Å². The molecule has 3 heteroatoms. The van der Waals surface area contributed by atoms with Crippen molar-refractivity contribution in [3.05, 3.63) is 0 Å². The Morgan fingerprint density at radius 3 is 2.47 bits per heavy atom. The fraction of sp³-hybridized carbons (Fsp3) is 0.917. The number of methoxy groups -OCH3 is 1. The Bertz CT molecular complexity index is 261. The first kappa shape index (κ1) is 10.9. The number of piperidine rings is 1. The number of amides is 1. The van der Waals surface area contributed by atoms with E-state index in [2.05, 4.69) is 13.8 Å². The van der Waals surface area contributed by atoms with Gasteiger partial charge in [-0.15, -0.1) is 0 Å². The van der Waals surface area contributed by atoms with Crippen LogP contribution in [-0.4, -0.2) is 37.1 Å². The maximum atomic E-state index is 11.8. The number of likely N-dealkylation sites (tertiary alicyclic amines) is 1. The van der Waals surface area contributed by atoms with Gasteiger partial charge in [-0.25, -0.2) is 0 Å². The van der Waals surface area contributed by atoms with E-state index in [-0.39, 0.29) is 12.0 Å². The van der Waals surface area contributed by atoms with Crippen LogP contribution in [0.5, 0.6) is 0 Å². The third-order valence-electron chi connectivity index (χ3n) is 4.34. The van der Waals surface area contributed by atoms with Crippen LogP contribution < -0.4 is 0 Å². The first-order chi connectivity index (χ1) is 6.96. The van der Waals surface area contributed by atoms with Crippen molar-refractivity contribution in [3.8, 4) is 0 Å². The molecule has 3 atom stereocenters. The van der Waals surface area contributed by atoms with E-state index in [1.54, 1.807) is 7.11 Å². The fourth-order valence-electron chi connectivity index (χ4n) is 2.79. The van der Waals surface area contributed by atoms with Gasteiger partial charge in [0.05, 0.1) is 12.5 Å². The molecule has 0 aromatic rings. The van der Waals surface area contributed by atoms with Crippen molar-refractivity contribution in [2.24, 2.45) is 17.3 Å². The van der Waals surface area contributed by atoms with Gasteiger partial charge in [0.1, 0.15) is 0 Å². The smallest absolute Gasteiger partial charge is 0.225 e. The average molecular weight is 211 g/mol. The number of carbonyl (C=O) groups is 1. The zero-order chi connectivity index (χ0) is 11.2. The highest BCUT2D eigenvalue weighted by Gasteiger charge is 2.62. The van der Waals surface area contributed by atoms with E-state index in [9.17, 15) is 4.79 Å². The highest BCUT2D eigenvalue weighted by atomic mass is 16.5. The standard InChI is InChI=1S/C12H21NO2/c1-8(15-4)5-11(14)13-6-9-10(7-13)12(9,2)3/h8-10H,5-7H2,1-4H3/t8-,9-,10+/m1/s1. The molecule has 1 saturated carbocycles. The van der Waals surface area contributed by atoms with Crippen molar-refractivity contribution < 1.29 is 9.53 Å². The molecule has 2 fully saturated rings. The van der Waals surface area contributed by atoms with Crippen molar-refractivity contribution in [1.29, 1.82) is 0 Å². The van der Waals surface area contributed by atoms with Crippen LogP contribution in [0.15, 0.2) is 0 Å². The van der Waals surface area contributed by atoms with Crippen molar-refractivity contribution in [2.45, 2.75) is 33.3 Å². The van der Waals surface area contributed by atoms with Gasteiger partial charge in [0.2, 0.25) is 5.91 Å². The maximum absolute atomic E-state index is 11.8. The summed E-state index contributed by atoms with van der Waals surface area (Å²) in [6.45, 7) is 8.49. The molecule has 1 aliphatic carbocycles. The van der Waals surface area contributed by atoms with Crippen LogP contribution in [0.1, 0.15) is 27.2 Å². The summed E-state index contributed by atoms with van der Waals surface area (Å²) in [4.78, 5) is 13.8. The molecular weight excluding hydrogens is 190 g/mol. The number of fused-ring (bicyclic) bond motifs is 1. The second kappa shape index (κ2) is 3.48. The summed E-state index contributed by atoms with van der Waals surface area (Å²) in [5.41, 5.74) is 0.490. The lowest BCUT2D eigenvalue weighted by Crippen LogP contribution is -2.34. The normalized spacial score (nSPS) is 33.7. The largest absolute Gasteiger partial charge is 0.381 e. The highest BCUT2D eigenvalue weighted by Crippen LogP contribution is 2.61. The van der Waals surface area contributed by atoms with Crippen molar-refractivity contribution >= 4 is 5.91 Å². The van der Waals surface area contributed by atoms with Gasteiger partial charge in [-0.1, -0.05) is 13.8 Å². The average Bonchev–Trinajstić information content (AvgIpc) is 2.59. The van der Waals surface area contributed by atoms with Crippen molar-refractivity contribution in [2.75, 3.05) is 20.2 Å². The molecule has 0 spiro atoms. The molecule has 1 aliphatic heterocycles. The zero-order valence-corrected chi connectivity index (χ0v) is 10.1. The summed E-state index contributed by atoms with van der Waals surface area (Å²) >= 11 is 0. The van der Waals surface area contributed by atoms with Gasteiger partial charge in [0.25, 0.3) is 0 Å². The van der Waals surface area contributed by atoms with Crippen LogP contribution in [-0.2, 0) is 9.53 Å². The molecular formula is C12H21NO2. The summed E-state index contributed by atoms with van der Waals surface area (Å²) < 4.78 is 5.11. The summed E-state index contributed by atoms with van der Waals surface area (Å²) in [6, 6.07) is 0. The van der Waals surface area contributed by atoms with E-state index >= 15 is 0 Å². The van der Waals surface area contributed by atoms with Gasteiger partial charge in [0, 0.05) is 20.2 Å². The van der Waals surface area contributed by atoms with Gasteiger partial charge in [-0.2, -0.15) is 0 Å². The second-order valence-electron chi connectivity index (χ2n) is 5.58. The lowest BCUT2D eigenvalue weighted by Gasteiger charge is -2.23. The maximum Gasteiger partial charge on any atom is 0.225 e. The van der Waals surface area contributed by atoms with E-state index in [4.69, 9.17) is 4.74 Å². The Balaban J connectivity index is 1.81. The molecule has 86 valence electrons. The molecule has 2 rings (SSSR count). The fourth-order valence-corrected chi connectivity index (χ4v) is 2.79. The molecule has 0 radical (unpaired) electrons. The van der Waals surface area contributed by atoms with Crippen molar-refractivity contribution in [1.82, 2.24) is 4.90 Å². The van der Waals surface area contributed by atoms with Crippen molar-refractivity contribution in [3.63, 3.8) is 0 Å². The minimum Gasteiger partial charge on any atom is -0.381 e. The first-order valence-electron chi connectivity index (χ1n) is 5.77. The van der Waals surface area contributed by atoms with E-state index in [1.165, 1.54) is 0 Å². The SMILES string of the molecule is CO[C@H](C)CC(=O)N1C[C@@H]2[C@H](C1)C2(C)C. The third kappa shape index (κ3) is 1.78. The zero-order valence-electron chi connectivity index (χ0n) is 10.1. The number of carbonyl (C=O) groups excluding carboxylic acids is 1. The van der Waals surface area contributed by atoms with Gasteiger partial charge < -0.3 is 9.64 Å². The first-order valence-corrected chi connectivity index (χ1v) is 5.77. The number of hydrogen-bond acceptors (Lipinski definition) is 2. The summed E-state index contributed by atoms with van der Waals surface area (Å²) in [5, 5.41) is 0. The molecule has 0 unspecified atom stereocenters. The molecule has 0 N–H and O–H groups in total. The monoisotopic (exact) mass is 211 g/mol. The quantitative estimate of drug-likeness (QED) is 0.708. The van der Waals surface area contributed by atoms with Crippen LogP contribution in [0.4, 0.5) is 0 Å². The molecule has 1 amide bonds. The number of rotatable bonds is 3. The molecule has 1 saturated heterocycles. The lowest BCUT2D eigenvalue weighted by molar-refractivity contribution is -0.133. The molecule has 0 aromatic heterocycles. The Hall–Kier alpha value is -0.570. The second-order valence-corrected chi connectivity index (χ2v) is 5.58. The van der Waals surface area contributed by atoms with Crippen LogP contribution in [0.3, 0.4) is 0 Å². The van der Waals surface area contributed by atoms with E-state index in [0.29, 0.717) is 11.8 Å². The number of nitrogens with zero attached hydrogens (tertiary/aromatic N) is 1. The topological polar surface area (TPSA) is 29.5 Å².